The van der Waals surface area contributed by atoms with Gasteiger partial charge in [0.1, 0.15) is 5.82 Å². The Morgan fingerprint density at radius 2 is 1.85 bits per heavy atom. The number of anilines is 1. The lowest BCUT2D eigenvalue weighted by Gasteiger charge is -2.11. The van der Waals surface area contributed by atoms with Crippen LogP contribution in [0.3, 0.4) is 0 Å². The number of benzene rings is 3. The number of imidazole rings is 1. The molecule has 0 atom stereocenters. The molecule has 0 aliphatic rings. The third-order valence-corrected chi connectivity index (χ3v) is 5.29. The van der Waals surface area contributed by atoms with Crippen LogP contribution in [0.15, 0.2) is 71.6 Å². The van der Waals surface area contributed by atoms with Crippen molar-refractivity contribution in [1.82, 2.24) is 9.97 Å². The van der Waals surface area contributed by atoms with E-state index in [0.29, 0.717) is 22.1 Å². The van der Waals surface area contributed by atoms with Crippen LogP contribution in [0.1, 0.15) is 10.4 Å². The number of hydrogen-bond donors (Lipinski definition) is 2. The lowest BCUT2D eigenvalue weighted by Crippen LogP contribution is -2.13. The molecule has 27 heavy (non-hydrogen) atoms. The van der Waals surface area contributed by atoms with Crippen LogP contribution in [0, 0.1) is 0 Å². The number of halogens is 1. The molecule has 0 radical (unpaired) electrons. The smallest absolute Gasteiger partial charge is 0.257 e. The van der Waals surface area contributed by atoms with Gasteiger partial charge in [0.25, 0.3) is 5.91 Å². The van der Waals surface area contributed by atoms with E-state index in [4.69, 9.17) is 11.6 Å². The highest BCUT2D eigenvalue weighted by atomic mass is 35.5. The molecular formula is C21H16ClN3OS. The third-order valence-electron chi connectivity index (χ3n) is 4.24. The minimum atomic E-state index is -0.250. The molecule has 4 rings (SSSR count). The van der Waals surface area contributed by atoms with Crippen LogP contribution in [0.25, 0.3) is 22.4 Å². The zero-order valence-electron chi connectivity index (χ0n) is 14.5. The van der Waals surface area contributed by atoms with Crippen molar-refractivity contribution >= 4 is 46.0 Å². The normalized spacial score (nSPS) is 10.9. The highest BCUT2D eigenvalue weighted by Crippen LogP contribution is 2.29. The van der Waals surface area contributed by atoms with Gasteiger partial charge in [-0.1, -0.05) is 35.9 Å². The first kappa shape index (κ1) is 17.6. The van der Waals surface area contributed by atoms with Crippen molar-refractivity contribution in [3.63, 3.8) is 0 Å². The second-order valence-corrected chi connectivity index (χ2v) is 7.23. The van der Waals surface area contributed by atoms with Crippen LogP contribution in [0.5, 0.6) is 0 Å². The van der Waals surface area contributed by atoms with Crippen molar-refractivity contribution in [2.24, 2.45) is 0 Å². The monoisotopic (exact) mass is 393 g/mol. The largest absolute Gasteiger partial charge is 0.338 e. The molecule has 0 fully saturated rings. The van der Waals surface area contributed by atoms with Gasteiger partial charge >= 0.3 is 0 Å². The molecule has 0 bridgehead atoms. The van der Waals surface area contributed by atoms with Gasteiger partial charge in [-0.05, 0) is 48.7 Å². The zero-order valence-corrected chi connectivity index (χ0v) is 16.1. The maximum atomic E-state index is 12.8. The van der Waals surface area contributed by atoms with Crippen LogP contribution in [-0.2, 0) is 0 Å². The highest BCUT2D eigenvalue weighted by molar-refractivity contribution is 7.98. The Morgan fingerprint density at radius 3 is 2.67 bits per heavy atom. The SMILES string of the molecule is CSc1ccc(Cl)c(C(=O)Nc2ccccc2-c2nc3ccccc3[nH]2)c1. The Morgan fingerprint density at radius 1 is 1.07 bits per heavy atom. The number of carbonyl (C=O) groups excluding carboxylic acids is 1. The number of hydrogen-bond acceptors (Lipinski definition) is 3. The van der Waals surface area contributed by atoms with Gasteiger partial charge in [0.05, 0.1) is 27.3 Å². The van der Waals surface area contributed by atoms with E-state index in [1.807, 2.05) is 60.9 Å². The first-order chi connectivity index (χ1) is 13.2. The summed E-state index contributed by atoms with van der Waals surface area (Å²) in [4.78, 5) is 21.7. The highest BCUT2D eigenvalue weighted by Gasteiger charge is 2.15. The molecule has 0 unspecified atom stereocenters. The summed E-state index contributed by atoms with van der Waals surface area (Å²) in [6.07, 6.45) is 1.96. The summed E-state index contributed by atoms with van der Waals surface area (Å²) >= 11 is 7.80. The molecule has 1 heterocycles. The molecule has 3 aromatic carbocycles. The first-order valence-electron chi connectivity index (χ1n) is 8.35. The fourth-order valence-corrected chi connectivity index (χ4v) is 3.52. The van der Waals surface area contributed by atoms with E-state index < -0.39 is 0 Å². The van der Waals surface area contributed by atoms with Gasteiger partial charge in [-0.25, -0.2) is 4.98 Å². The average Bonchev–Trinajstić information content (AvgIpc) is 3.12. The lowest BCUT2D eigenvalue weighted by atomic mass is 10.1. The minimum Gasteiger partial charge on any atom is -0.338 e. The molecule has 6 heteroatoms. The lowest BCUT2D eigenvalue weighted by molar-refractivity contribution is 0.102. The molecule has 4 aromatic rings. The number of rotatable bonds is 4. The van der Waals surface area contributed by atoms with Crippen LogP contribution < -0.4 is 5.32 Å². The number of nitrogens with one attached hydrogen (secondary N) is 2. The van der Waals surface area contributed by atoms with Gasteiger partial charge < -0.3 is 10.3 Å². The summed E-state index contributed by atoms with van der Waals surface area (Å²) in [7, 11) is 0. The maximum absolute atomic E-state index is 12.8. The topological polar surface area (TPSA) is 57.8 Å². The summed E-state index contributed by atoms with van der Waals surface area (Å²) in [6, 6.07) is 20.8. The Bertz CT molecular complexity index is 1110. The van der Waals surface area contributed by atoms with Crippen LogP contribution >= 0.6 is 23.4 Å². The molecule has 0 aliphatic heterocycles. The van der Waals surface area contributed by atoms with Gasteiger partial charge in [0.2, 0.25) is 0 Å². The first-order valence-corrected chi connectivity index (χ1v) is 9.95. The van der Waals surface area contributed by atoms with Crippen molar-refractivity contribution in [1.29, 1.82) is 0 Å². The van der Waals surface area contributed by atoms with Gasteiger partial charge in [-0.3, -0.25) is 4.79 Å². The second kappa shape index (κ2) is 7.47. The number of thioether (sulfide) groups is 1. The standard InChI is InChI=1S/C21H16ClN3OS/c1-27-13-10-11-16(22)15(12-13)21(26)25-17-7-3-2-6-14(17)20-23-18-8-4-5-9-19(18)24-20/h2-12H,1H3,(H,23,24)(H,25,26). The molecule has 2 N–H and O–H groups in total. The molecule has 0 spiro atoms. The molecule has 1 amide bonds. The van der Waals surface area contributed by atoms with Crippen molar-refractivity contribution in [3.8, 4) is 11.4 Å². The van der Waals surface area contributed by atoms with E-state index in [9.17, 15) is 4.79 Å². The molecule has 0 saturated heterocycles. The van der Waals surface area contributed by atoms with Crippen molar-refractivity contribution < 1.29 is 4.79 Å². The predicted octanol–water partition coefficient (Wildman–Crippen LogP) is 5.86. The molecule has 1 aromatic heterocycles. The molecule has 134 valence electrons. The number of amides is 1. The molecule has 4 nitrogen and oxygen atoms in total. The molecule has 0 aliphatic carbocycles. The Labute approximate surface area is 166 Å². The number of carbonyl (C=O) groups is 1. The zero-order chi connectivity index (χ0) is 18.8. The number of aromatic amines is 1. The second-order valence-electron chi connectivity index (χ2n) is 5.95. The third kappa shape index (κ3) is 3.56. The summed E-state index contributed by atoms with van der Waals surface area (Å²) in [5, 5.41) is 3.39. The Hall–Kier alpha value is -2.76. The average molecular weight is 394 g/mol. The van der Waals surface area contributed by atoms with Gasteiger partial charge in [-0.15, -0.1) is 11.8 Å². The number of H-pyrrole nitrogens is 1. The summed E-state index contributed by atoms with van der Waals surface area (Å²) in [6.45, 7) is 0. The molecular weight excluding hydrogens is 378 g/mol. The van der Waals surface area contributed by atoms with E-state index in [2.05, 4.69) is 15.3 Å². The van der Waals surface area contributed by atoms with E-state index >= 15 is 0 Å². The number of para-hydroxylation sites is 3. The minimum absolute atomic E-state index is 0.250. The van der Waals surface area contributed by atoms with E-state index in [1.165, 1.54) is 0 Å². The fourth-order valence-electron chi connectivity index (χ4n) is 2.87. The van der Waals surface area contributed by atoms with E-state index in [-0.39, 0.29) is 5.91 Å². The quantitative estimate of drug-likeness (QED) is 0.427. The molecule has 0 saturated carbocycles. The number of nitrogens with zero attached hydrogens (tertiary/aromatic N) is 1. The van der Waals surface area contributed by atoms with Crippen molar-refractivity contribution in [2.75, 3.05) is 11.6 Å². The van der Waals surface area contributed by atoms with Gasteiger partial charge in [0.15, 0.2) is 0 Å². The van der Waals surface area contributed by atoms with Gasteiger partial charge in [0, 0.05) is 10.5 Å². The predicted molar refractivity (Wildman–Crippen MR) is 113 cm³/mol. The van der Waals surface area contributed by atoms with Crippen molar-refractivity contribution in [2.45, 2.75) is 4.90 Å². The van der Waals surface area contributed by atoms with Gasteiger partial charge in [-0.2, -0.15) is 0 Å². The number of fused-ring (bicyclic) bond motifs is 1. The summed E-state index contributed by atoms with van der Waals surface area (Å²) < 4.78 is 0. The van der Waals surface area contributed by atoms with Crippen LogP contribution in [0.2, 0.25) is 5.02 Å². The fraction of sp³-hybridized carbons (Fsp3) is 0.0476. The Kier molecular flexibility index (Phi) is 4.88. The number of aromatic nitrogens is 2. The Balaban J connectivity index is 1.70. The van der Waals surface area contributed by atoms with E-state index in [0.717, 1.165) is 21.5 Å². The van der Waals surface area contributed by atoms with Crippen LogP contribution in [0.4, 0.5) is 5.69 Å². The van der Waals surface area contributed by atoms with Crippen molar-refractivity contribution in [3.05, 3.63) is 77.3 Å². The summed E-state index contributed by atoms with van der Waals surface area (Å²) in [5.41, 5.74) is 3.77. The van der Waals surface area contributed by atoms with Crippen LogP contribution in [-0.4, -0.2) is 22.1 Å². The van der Waals surface area contributed by atoms with E-state index in [1.54, 1.807) is 23.9 Å². The summed E-state index contributed by atoms with van der Waals surface area (Å²) in [5.74, 6) is 0.454. The maximum Gasteiger partial charge on any atom is 0.257 e.